The van der Waals surface area contributed by atoms with Gasteiger partial charge in [-0.05, 0) is 81.3 Å². The van der Waals surface area contributed by atoms with Crippen molar-refractivity contribution in [1.29, 1.82) is 0 Å². The summed E-state index contributed by atoms with van der Waals surface area (Å²) in [6, 6.07) is 19.3. The van der Waals surface area contributed by atoms with Crippen LogP contribution in [0.3, 0.4) is 0 Å². The molecule has 168 valence electrons. The molecule has 0 saturated heterocycles. The molecule has 0 aliphatic carbocycles. The van der Waals surface area contributed by atoms with Gasteiger partial charge in [-0.25, -0.2) is 8.42 Å². The first-order chi connectivity index (χ1) is 15.6. The second kappa shape index (κ2) is 8.67. The molecular formula is C26H25N3O3S. The number of para-hydroxylation sites is 1. The monoisotopic (exact) mass is 459 g/mol. The van der Waals surface area contributed by atoms with E-state index in [1.165, 1.54) is 12.1 Å². The van der Waals surface area contributed by atoms with Gasteiger partial charge >= 0.3 is 0 Å². The summed E-state index contributed by atoms with van der Waals surface area (Å²) in [5.74, 6) is -0.277. The third kappa shape index (κ3) is 4.73. The zero-order valence-corrected chi connectivity index (χ0v) is 19.7. The van der Waals surface area contributed by atoms with Crippen LogP contribution < -0.4 is 10.0 Å². The van der Waals surface area contributed by atoms with Crippen molar-refractivity contribution in [3.63, 3.8) is 0 Å². The summed E-state index contributed by atoms with van der Waals surface area (Å²) < 4.78 is 28.4. The Bertz CT molecular complexity index is 1460. The first-order valence-corrected chi connectivity index (χ1v) is 12.0. The topological polar surface area (TPSA) is 88.2 Å². The van der Waals surface area contributed by atoms with E-state index in [0.717, 1.165) is 33.3 Å². The maximum absolute atomic E-state index is 13.0. The lowest BCUT2D eigenvalue weighted by molar-refractivity contribution is 0.102. The van der Waals surface area contributed by atoms with Gasteiger partial charge in [-0.2, -0.15) is 0 Å². The molecule has 0 aliphatic heterocycles. The number of anilines is 2. The third-order valence-electron chi connectivity index (χ3n) is 5.48. The van der Waals surface area contributed by atoms with Gasteiger partial charge in [0.25, 0.3) is 15.9 Å². The van der Waals surface area contributed by atoms with Crippen molar-refractivity contribution in [1.82, 2.24) is 4.98 Å². The van der Waals surface area contributed by atoms with Crippen LogP contribution in [0, 0.1) is 27.7 Å². The SMILES string of the molecule is Cc1ccc2nc(C)cc(C(=O)Nc3ccc(S(=O)(=O)Nc4c(C)cccc4C)cc3)c2c1. The van der Waals surface area contributed by atoms with Gasteiger partial charge in [0.2, 0.25) is 0 Å². The maximum atomic E-state index is 13.0. The van der Waals surface area contributed by atoms with E-state index in [2.05, 4.69) is 15.0 Å². The summed E-state index contributed by atoms with van der Waals surface area (Å²) in [5.41, 5.74) is 5.82. The fourth-order valence-electron chi connectivity index (χ4n) is 3.74. The highest BCUT2D eigenvalue weighted by Gasteiger charge is 2.17. The number of sulfonamides is 1. The fourth-order valence-corrected chi connectivity index (χ4v) is 4.95. The molecule has 1 aromatic heterocycles. The summed E-state index contributed by atoms with van der Waals surface area (Å²) in [4.78, 5) is 17.6. The molecule has 0 fully saturated rings. The summed E-state index contributed by atoms with van der Waals surface area (Å²) in [6.07, 6.45) is 0. The highest BCUT2D eigenvalue weighted by Crippen LogP contribution is 2.25. The van der Waals surface area contributed by atoms with Gasteiger partial charge in [-0.3, -0.25) is 14.5 Å². The smallest absolute Gasteiger partial charge is 0.261 e. The van der Waals surface area contributed by atoms with Crippen LogP contribution >= 0.6 is 0 Å². The van der Waals surface area contributed by atoms with Crippen molar-refractivity contribution in [3.8, 4) is 0 Å². The average molecular weight is 460 g/mol. The number of rotatable bonds is 5. The number of aromatic nitrogens is 1. The number of amides is 1. The molecule has 0 aliphatic rings. The standard InChI is InChI=1S/C26H25N3O3S/c1-16-8-13-24-22(14-16)23(15-19(4)27-24)26(30)28-20-9-11-21(12-10-20)33(31,32)29-25-17(2)6-5-7-18(25)3/h5-15,29H,1-4H3,(H,28,30). The summed E-state index contributed by atoms with van der Waals surface area (Å²) in [7, 11) is -3.77. The van der Waals surface area contributed by atoms with Gasteiger partial charge in [-0.15, -0.1) is 0 Å². The molecule has 0 bridgehead atoms. The van der Waals surface area contributed by atoms with Crippen LogP contribution in [0.5, 0.6) is 0 Å². The number of carbonyl (C=O) groups excluding carboxylic acids is 1. The van der Waals surface area contributed by atoms with E-state index in [1.54, 1.807) is 18.2 Å². The predicted octanol–water partition coefficient (Wildman–Crippen LogP) is 5.52. The van der Waals surface area contributed by atoms with Crippen LogP contribution in [0.15, 0.2) is 71.6 Å². The zero-order chi connectivity index (χ0) is 23.8. The molecule has 0 saturated carbocycles. The molecule has 1 amide bonds. The minimum Gasteiger partial charge on any atom is -0.322 e. The van der Waals surface area contributed by atoms with Crippen LogP contribution in [-0.2, 0) is 10.0 Å². The largest absolute Gasteiger partial charge is 0.322 e. The van der Waals surface area contributed by atoms with Crippen LogP contribution in [0.25, 0.3) is 10.9 Å². The molecule has 3 aromatic carbocycles. The minimum atomic E-state index is -3.77. The van der Waals surface area contributed by atoms with Crippen LogP contribution in [0.2, 0.25) is 0 Å². The molecule has 0 unspecified atom stereocenters. The normalized spacial score (nSPS) is 11.4. The number of benzene rings is 3. The molecule has 4 aromatic rings. The lowest BCUT2D eigenvalue weighted by Crippen LogP contribution is -2.15. The van der Waals surface area contributed by atoms with Gasteiger partial charge in [-0.1, -0.05) is 29.8 Å². The highest BCUT2D eigenvalue weighted by molar-refractivity contribution is 7.92. The summed E-state index contributed by atoms with van der Waals surface area (Å²) in [6.45, 7) is 7.52. The van der Waals surface area contributed by atoms with Gasteiger partial charge in [0.15, 0.2) is 0 Å². The number of carbonyl (C=O) groups is 1. The number of nitrogens with one attached hydrogen (secondary N) is 2. The number of hydrogen-bond acceptors (Lipinski definition) is 4. The van der Waals surface area contributed by atoms with Crippen molar-refractivity contribution in [2.75, 3.05) is 10.0 Å². The molecule has 4 rings (SSSR count). The van der Waals surface area contributed by atoms with Crippen molar-refractivity contribution in [2.24, 2.45) is 0 Å². The van der Waals surface area contributed by atoms with Crippen molar-refractivity contribution in [3.05, 3.63) is 94.7 Å². The second-order valence-corrected chi connectivity index (χ2v) is 9.87. The molecule has 0 spiro atoms. The Hall–Kier alpha value is -3.71. The molecule has 0 atom stereocenters. The number of hydrogen-bond donors (Lipinski definition) is 2. The van der Waals surface area contributed by atoms with Gasteiger partial charge in [0.05, 0.1) is 21.7 Å². The molecule has 6 nitrogen and oxygen atoms in total. The van der Waals surface area contributed by atoms with E-state index in [-0.39, 0.29) is 10.8 Å². The Morgan fingerprint density at radius 2 is 1.52 bits per heavy atom. The quantitative estimate of drug-likeness (QED) is 0.411. The van der Waals surface area contributed by atoms with E-state index in [4.69, 9.17) is 0 Å². The second-order valence-electron chi connectivity index (χ2n) is 8.18. The fraction of sp³-hybridized carbons (Fsp3) is 0.154. The van der Waals surface area contributed by atoms with E-state index in [9.17, 15) is 13.2 Å². The molecule has 7 heteroatoms. The van der Waals surface area contributed by atoms with Gasteiger partial charge < -0.3 is 5.32 Å². The Balaban J connectivity index is 1.58. The van der Waals surface area contributed by atoms with Crippen LogP contribution in [0.4, 0.5) is 11.4 Å². The average Bonchev–Trinajstić information content (AvgIpc) is 2.76. The maximum Gasteiger partial charge on any atom is 0.261 e. The number of aryl methyl sites for hydroxylation is 4. The Morgan fingerprint density at radius 3 is 2.18 bits per heavy atom. The van der Waals surface area contributed by atoms with Crippen LogP contribution in [0.1, 0.15) is 32.7 Å². The lowest BCUT2D eigenvalue weighted by Gasteiger charge is -2.14. The molecule has 2 N–H and O–H groups in total. The third-order valence-corrected chi connectivity index (χ3v) is 6.84. The van der Waals surface area contributed by atoms with Gasteiger partial charge in [0, 0.05) is 16.8 Å². The summed E-state index contributed by atoms with van der Waals surface area (Å²) in [5, 5.41) is 3.63. The minimum absolute atomic E-state index is 0.115. The highest BCUT2D eigenvalue weighted by atomic mass is 32.2. The van der Waals surface area contributed by atoms with Crippen LogP contribution in [-0.4, -0.2) is 19.3 Å². The molecular weight excluding hydrogens is 434 g/mol. The lowest BCUT2D eigenvalue weighted by atomic mass is 10.0. The first kappa shape index (κ1) is 22.5. The van der Waals surface area contributed by atoms with Crippen molar-refractivity contribution in [2.45, 2.75) is 32.6 Å². The number of pyridine rings is 1. The number of nitrogens with zero attached hydrogens (tertiary/aromatic N) is 1. The Kier molecular flexibility index (Phi) is 5.91. The molecule has 1 heterocycles. The molecule has 33 heavy (non-hydrogen) atoms. The molecule has 0 radical (unpaired) electrons. The zero-order valence-electron chi connectivity index (χ0n) is 18.9. The van der Waals surface area contributed by atoms with E-state index in [1.807, 2.05) is 64.1 Å². The Labute approximate surface area is 193 Å². The van der Waals surface area contributed by atoms with Gasteiger partial charge in [0.1, 0.15) is 0 Å². The number of fused-ring (bicyclic) bond motifs is 1. The summed E-state index contributed by atoms with van der Waals surface area (Å²) >= 11 is 0. The van der Waals surface area contributed by atoms with E-state index < -0.39 is 10.0 Å². The predicted molar refractivity (Wildman–Crippen MR) is 132 cm³/mol. The van der Waals surface area contributed by atoms with E-state index >= 15 is 0 Å². The first-order valence-electron chi connectivity index (χ1n) is 10.5. The van der Waals surface area contributed by atoms with Crippen molar-refractivity contribution >= 4 is 38.2 Å². The Morgan fingerprint density at radius 1 is 0.848 bits per heavy atom. The van der Waals surface area contributed by atoms with E-state index in [0.29, 0.717) is 16.9 Å². The van der Waals surface area contributed by atoms with Crippen molar-refractivity contribution < 1.29 is 13.2 Å².